The number of ether oxygens (including phenoxy) is 1. The minimum Gasteiger partial charge on any atom is -0.478 e. The van der Waals surface area contributed by atoms with Crippen LogP contribution in [0.4, 0.5) is 4.39 Å². The van der Waals surface area contributed by atoms with Gasteiger partial charge in [0.15, 0.2) is 0 Å². The van der Waals surface area contributed by atoms with Crippen LogP contribution in [-0.4, -0.2) is 40.0 Å². The Morgan fingerprint density at radius 2 is 2.05 bits per heavy atom. The molecule has 0 saturated heterocycles. The van der Waals surface area contributed by atoms with Gasteiger partial charge in [-0.15, -0.1) is 0 Å². The summed E-state index contributed by atoms with van der Waals surface area (Å²) in [5.41, 5.74) is 0.102. The van der Waals surface area contributed by atoms with E-state index in [0.717, 1.165) is 18.2 Å². The SMILES string of the molecule is CCOC(=O)CC(O)C(O)c1ccc(F)c(/C=C/C(=O)O)c1. The summed E-state index contributed by atoms with van der Waals surface area (Å²) in [4.78, 5) is 21.7. The summed E-state index contributed by atoms with van der Waals surface area (Å²) in [5, 5.41) is 28.3. The molecule has 0 aromatic heterocycles. The van der Waals surface area contributed by atoms with Crippen molar-refractivity contribution < 1.29 is 34.0 Å². The van der Waals surface area contributed by atoms with Crippen LogP contribution in [0.5, 0.6) is 0 Å². The number of hydrogen-bond acceptors (Lipinski definition) is 5. The first kappa shape index (κ1) is 17.8. The summed E-state index contributed by atoms with van der Waals surface area (Å²) >= 11 is 0. The molecule has 2 unspecified atom stereocenters. The van der Waals surface area contributed by atoms with Crippen LogP contribution >= 0.6 is 0 Å². The van der Waals surface area contributed by atoms with Crippen LogP contribution < -0.4 is 0 Å². The Hall–Kier alpha value is -2.25. The first-order chi connectivity index (χ1) is 10.3. The van der Waals surface area contributed by atoms with Crippen LogP contribution in [0.25, 0.3) is 6.08 Å². The summed E-state index contributed by atoms with van der Waals surface area (Å²) in [7, 11) is 0. The molecule has 0 spiro atoms. The van der Waals surface area contributed by atoms with Crippen molar-refractivity contribution >= 4 is 18.0 Å². The average molecular weight is 312 g/mol. The number of carboxylic acid groups (broad SMARTS) is 1. The molecule has 22 heavy (non-hydrogen) atoms. The molecule has 1 aromatic rings. The van der Waals surface area contributed by atoms with Crippen LogP contribution in [0.2, 0.25) is 0 Å². The standard InChI is InChI=1S/C15H17FO6/c1-2-22-14(20)8-12(17)15(21)10-3-5-11(16)9(7-10)4-6-13(18)19/h3-7,12,15,17,21H,2,8H2,1H3,(H,18,19)/b6-4+. The number of carbonyl (C=O) groups is 2. The third kappa shape index (κ3) is 5.27. The van der Waals surface area contributed by atoms with Gasteiger partial charge in [-0.2, -0.15) is 0 Å². The molecule has 0 aliphatic carbocycles. The van der Waals surface area contributed by atoms with Crippen molar-refractivity contribution in [1.29, 1.82) is 0 Å². The summed E-state index contributed by atoms with van der Waals surface area (Å²) in [6.45, 7) is 1.77. The van der Waals surface area contributed by atoms with E-state index < -0.39 is 36.4 Å². The van der Waals surface area contributed by atoms with Crippen LogP contribution in [-0.2, 0) is 14.3 Å². The minimum absolute atomic E-state index is 0.0534. The van der Waals surface area contributed by atoms with Gasteiger partial charge in [0, 0.05) is 11.6 Å². The Kier molecular flexibility index (Phi) is 6.68. The monoisotopic (exact) mass is 312 g/mol. The molecule has 1 aromatic carbocycles. The Morgan fingerprint density at radius 1 is 1.36 bits per heavy atom. The van der Waals surface area contributed by atoms with E-state index in [1.807, 2.05) is 0 Å². The van der Waals surface area contributed by atoms with Gasteiger partial charge in [-0.05, 0) is 30.7 Å². The maximum absolute atomic E-state index is 13.5. The lowest BCUT2D eigenvalue weighted by Gasteiger charge is -2.18. The van der Waals surface area contributed by atoms with Crippen LogP contribution in [0, 0.1) is 5.82 Å². The average Bonchev–Trinajstić information content (AvgIpc) is 2.45. The summed E-state index contributed by atoms with van der Waals surface area (Å²) < 4.78 is 18.2. The maximum atomic E-state index is 13.5. The van der Waals surface area contributed by atoms with Crippen LogP contribution in [0.3, 0.4) is 0 Å². The number of halogens is 1. The van der Waals surface area contributed by atoms with Gasteiger partial charge < -0.3 is 20.1 Å². The van der Waals surface area contributed by atoms with E-state index >= 15 is 0 Å². The van der Waals surface area contributed by atoms with E-state index in [1.165, 1.54) is 12.1 Å². The molecule has 0 aliphatic heterocycles. The van der Waals surface area contributed by atoms with Gasteiger partial charge in [0.2, 0.25) is 0 Å². The zero-order chi connectivity index (χ0) is 16.7. The lowest BCUT2D eigenvalue weighted by molar-refractivity contribution is -0.147. The molecule has 1 rings (SSSR count). The fourth-order valence-electron chi connectivity index (χ4n) is 1.76. The Labute approximate surface area is 126 Å². The zero-order valence-electron chi connectivity index (χ0n) is 11.9. The van der Waals surface area contributed by atoms with Crippen molar-refractivity contribution in [2.75, 3.05) is 6.61 Å². The first-order valence-electron chi connectivity index (χ1n) is 6.57. The van der Waals surface area contributed by atoms with Crippen LogP contribution in [0.1, 0.15) is 30.6 Å². The van der Waals surface area contributed by atoms with Gasteiger partial charge in [0.1, 0.15) is 11.9 Å². The molecule has 6 nitrogen and oxygen atoms in total. The zero-order valence-corrected chi connectivity index (χ0v) is 11.9. The van der Waals surface area contributed by atoms with Crippen molar-refractivity contribution in [2.24, 2.45) is 0 Å². The first-order valence-corrected chi connectivity index (χ1v) is 6.57. The quantitative estimate of drug-likeness (QED) is 0.517. The number of aliphatic carboxylic acids is 1. The van der Waals surface area contributed by atoms with E-state index in [0.29, 0.717) is 0 Å². The molecule has 0 amide bonds. The smallest absolute Gasteiger partial charge is 0.328 e. The molecular formula is C15H17FO6. The second-order valence-corrected chi connectivity index (χ2v) is 4.47. The molecule has 0 heterocycles. The molecule has 3 N–H and O–H groups in total. The Bertz CT molecular complexity index is 569. The van der Waals surface area contributed by atoms with Gasteiger partial charge in [-0.25, -0.2) is 9.18 Å². The number of aliphatic hydroxyl groups is 2. The second kappa shape index (κ2) is 8.26. The lowest BCUT2D eigenvalue weighted by atomic mass is 9.99. The number of carboxylic acids is 1. The minimum atomic E-state index is -1.43. The lowest BCUT2D eigenvalue weighted by Crippen LogP contribution is -2.23. The highest BCUT2D eigenvalue weighted by Gasteiger charge is 2.22. The third-order valence-corrected chi connectivity index (χ3v) is 2.81. The number of esters is 1. The summed E-state index contributed by atoms with van der Waals surface area (Å²) in [6.07, 6.45) is -1.47. The van der Waals surface area contributed by atoms with Crippen molar-refractivity contribution in [3.8, 4) is 0 Å². The number of hydrogen-bond donors (Lipinski definition) is 3. The van der Waals surface area contributed by atoms with Gasteiger partial charge in [0.25, 0.3) is 0 Å². The molecule has 0 radical (unpaired) electrons. The van der Waals surface area contributed by atoms with Crippen LogP contribution in [0.15, 0.2) is 24.3 Å². The molecular weight excluding hydrogens is 295 g/mol. The van der Waals surface area contributed by atoms with Crippen molar-refractivity contribution in [3.05, 3.63) is 41.2 Å². The fourth-order valence-corrected chi connectivity index (χ4v) is 1.76. The molecule has 0 saturated carbocycles. The molecule has 0 aliphatic rings. The normalized spacial score (nSPS) is 13.8. The number of carbonyl (C=O) groups excluding carboxylic acids is 1. The second-order valence-electron chi connectivity index (χ2n) is 4.47. The fraction of sp³-hybridized carbons (Fsp3) is 0.333. The van der Waals surface area contributed by atoms with E-state index in [4.69, 9.17) is 5.11 Å². The highest BCUT2D eigenvalue weighted by Crippen LogP contribution is 2.22. The third-order valence-electron chi connectivity index (χ3n) is 2.81. The summed E-state index contributed by atoms with van der Waals surface area (Å²) in [5.74, 6) is -2.58. The van der Waals surface area contributed by atoms with E-state index in [1.54, 1.807) is 6.92 Å². The van der Waals surface area contributed by atoms with E-state index in [9.17, 15) is 24.2 Å². The van der Waals surface area contributed by atoms with Gasteiger partial charge >= 0.3 is 11.9 Å². The van der Waals surface area contributed by atoms with Gasteiger partial charge in [-0.1, -0.05) is 6.07 Å². The Morgan fingerprint density at radius 3 is 2.64 bits per heavy atom. The van der Waals surface area contributed by atoms with Crippen molar-refractivity contribution in [3.63, 3.8) is 0 Å². The van der Waals surface area contributed by atoms with Crippen molar-refractivity contribution in [1.82, 2.24) is 0 Å². The van der Waals surface area contributed by atoms with Gasteiger partial charge in [-0.3, -0.25) is 4.79 Å². The van der Waals surface area contributed by atoms with Gasteiger partial charge in [0.05, 0.1) is 19.1 Å². The van der Waals surface area contributed by atoms with Crippen molar-refractivity contribution in [2.45, 2.75) is 25.6 Å². The number of aliphatic hydroxyl groups excluding tert-OH is 2. The number of rotatable bonds is 7. The highest BCUT2D eigenvalue weighted by atomic mass is 19.1. The molecule has 7 heteroatoms. The van der Waals surface area contributed by atoms with E-state index in [-0.39, 0.29) is 17.7 Å². The van der Waals surface area contributed by atoms with E-state index in [2.05, 4.69) is 4.74 Å². The topological polar surface area (TPSA) is 104 Å². The molecule has 0 bridgehead atoms. The molecule has 0 fully saturated rings. The predicted octanol–water partition coefficient (Wildman–Crippen LogP) is 1.27. The number of benzene rings is 1. The highest BCUT2D eigenvalue weighted by molar-refractivity contribution is 5.85. The molecule has 120 valence electrons. The Balaban J connectivity index is 2.89. The molecule has 2 atom stereocenters. The maximum Gasteiger partial charge on any atom is 0.328 e. The summed E-state index contributed by atoms with van der Waals surface area (Å²) in [6, 6.07) is 3.48. The largest absolute Gasteiger partial charge is 0.478 e. The predicted molar refractivity (Wildman–Crippen MR) is 75.3 cm³/mol.